The first kappa shape index (κ1) is 20.6. The lowest BCUT2D eigenvalue weighted by Gasteiger charge is -2.30. The summed E-state index contributed by atoms with van der Waals surface area (Å²) in [5.74, 6) is -1.85. The molecule has 2 aromatic rings. The summed E-state index contributed by atoms with van der Waals surface area (Å²) in [5.41, 5.74) is -2.47. The number of hydrogen-bond acceptors (Lipinski definition) is 6. The smallest absolute Gasteiger partial charge is 0.200 e. The Hall–Kier alpha value is -2.09. The standard InChI is InChI=1S/C21H21ClO6/c1-11-7-3-5-9-13(11)15(23)16(24)19-21(27,18(26)20(22)28-19)17(25)14-10-6-4-8-12(14)2/h3-10,15,18-20,23,26-27H,1-2H3/t15?,18-,19-,20?,21+/m1/s1. The number of Topliss-reactive ketones (excluding diaryl/α,β-unsaturated/α-hetero) is 2. The van der Waals surface area contributed by atoms with Crippen LogP contribution >= 0.6 is 11.6 Å². The number of aliphatic hydroxyl groups excluding tert-OH is 2. The molecular weight excluding hydrogens is 384 g/mol. The van der Waals surface area contributed by atoms with Crippen LogP contribution in [0.3, 0.4) is 0 Å². The molecular formula is C21H21ClO6. The minimum atomic E-state index is -2.63. The van der Waals surface area contributed by atoms with Crippen LogP contribution in [0.1, 0.15) is 33.2 Å². The van der Waals surface area contributed by atoms with Crippen LogP contribution in [0.2, 0.25) is 0 Å². The minimum absolute atomic E-state index is 0.126. The predicted octanol–water partition coefficient (Wildman–Crippen LogP) is 1.84. The third-order valence-electron chi connectivity index (χ3n) is 5.13. The second kappa shape index (κ2) is 7.73. The van der Waals surface area contributed by atoms with Crippen LogP contribution in [0.5, 0.6) is 0 Å². The van der Waals surface area contributed by atoms with Gasteiger partial charge in [0.1, 0.15) is 12.2 Å². The number of hydrogen-bond donors (Lipinski definition) is 3. The van der Waals surface area contributed by atoms with Gasteiger partial charge in [0.2, 0.25) is 5.78 Å². The van der Waals surface area contributed by atoms with Crippen molar-refractivity contribution in [1.82, 2.24) is 0 Å². The number of carbonyl (C=O) groups excluding carboxylic acids is 2. The molecule has 3 rings (SSSR count). The summed E-state index contributed by atoms with van der Waals surface area (Å²) in [6.07, 6.45) is -5.33. The van der Waals surface area contributed by atoms with Crippen LogP contribution in [0.15, 0.2) is 48.5 Å². The van der Waals surface area contributed by atoms with Gasteiger partial charge in [-0.05, 0) is 30.5 Å². The zero-order chi connectivity index (χ0) is 20.6. The number of halogens is 1. The predicted molar refractivity (Wildman–Crippen MR) is 102 cm³/mol. The molecule has 0 aromatic heterocycles. The van der Waals surface area contributed by atoms with E-state index in [0.717, 1.165) is 0 Å². The fourth-order valence-corrected chi connectivity index (χ4v) is 3.73. The van der Waals surface area contributed by atoms with E-state index >= 15 is 0 Å². The van der Waals surface area contributed by atoms with Gasteiger partial charge < -0.3 is 20.1 Å². The van der Waals surface area contributed by atoms with Crippen molar-refractivity contribution in [1.29, 1.82) is 0 Å². The number of benzene rings is 2. The zero-order valence-electron chi connectivity index (χ0n) is 15.4. The Bertz CT molecular complexity index is 913. The van der Waals surface area contributed by atoms with E-state index in [0.29, 0.717) is 16.7 Å². The van der Waals surface area contributed by atoms with E-state index in [-0.39, 0.29) is 5.56 Å². The Kier molecular flexibility index (Phi) is 5.70. The van der Waals surface area contributed by atoms with Gasteiger partial charge in [-0.15, -0.1) is 0 Å². The van der Waals surface area contributed by atoms with Gasteiger partial charge in [-0.2, -0.15) is 0 Å². The first-order valence-electron chi connectivity index (χ1n) is 8.77. The maximum Gasteiger partial charge on any atom is 0.200 e. The molecule has 148 valence electrons. The Morgan fingerprint density at radius 2 is 1.64 bits per heavy atom. The van der Waals surface area contributed by atoms with Gasteiger partial charge in [0.25, 0.3) is 0 Å². The molecule has 7 heteroatoms. The van der Waals surface area contributed by atoms with E-state index in [9.17, 15) is 24.9 Å². The summed E-state index contributed by atoms with van der Waals surface area (Å²) < 4.78 is 5.25. The van der Waals surface area contributed by atoms with Crippen molar-refractivity contribution in [2.45, 2.75) is 43.3 Å². The number of ketones is 2. The van der Waals surface area contributed by atoms with Crippen LogP contribution in [0.25, 0.3) is 0 Å². The van der Waals surface area contributed by atoms with Gasteiger partial charge in [-0.25, -0.2) is 0 Å². The highest BCUT2D eigenvalue weighted by molar-refractivity contribution is 6.21. The SMILES string of the molecule is Cc1ccccc1C(=O)[C@@]1(O)[C@@H](C(=O)C(O)c2ccccc2C)OC(Cl)[C@H]1O. The Labute approximate surface area is 167 Å². The molecule has 1 aliphatic heterocycles. The zero-order valence-corrected chi connectivity index (χ0v) is 16.1. The molecule has 2 unspecified atom stereocenters. The molecule has 3 N–H and O–H groups in total. The quantitative estimate of drug-likeness (QED) is 0.519. The maximum absolute atomic E-state index is 13.1. The minimum Gasteiger partial charge on any atom is -0.385 e. The van der Waals surface area contributed by atoms with Crippen LogP contribution in [0, 0.1) is 13.8 Å². The summed E-state index contributed by atoms with van der Waals surface area (Å²) >= 11 is 5.92. The molecule has 1 fully saturated rings. The fourth-order valence-electron chi connectivity index (χ4n) is 3.43. The summed E-state index contributed by atoms with van der Waals surface area (Å²) in [5, 5.41) is 32.1. The van der Waals surface area contributed by atoms with Gasteiger partial charge in [0.05, 0.1) is 0 Å². The van der Waals surface area contributed by atoms with E-state index in [2.05, 4.69) is 0 Å². The molecule has 1 heterocycles. The van der Waals surface area contributed by atoms with Crippen LogP contribution in [-0.4, -0.2) is 50.3 Å². The van der Waals surface area contributed by atoms with Crippen LogP contribution in [0.4, 0.5) is 0 Å². The van der Waals surface area contributed by atoms with E-state index in [1.807, 2.05) is 0 Å². The fraction of sp³-hybridized carbons (Fsp3) is 0.333. The highest BCUT2D eigenvalue weighted by atomic mass is 35.5. The molecule has 1 aliphatic rings. The molecule has 0 aliphatic carbocycles. The lowest BCUT2D eigenvalue weighted by atomic mass is 9.80. The van der Waals surface area contributed by atoms with Crippen molar-refractivity contribution >= 4 is 23.2 Å². The number of ether oxygens (including phenoxy) is 1. The molecule has 0 saturated carbocycles. The monoisotopic (exact) mass is 404 g/mol. The Morgan fingerprint density at radius 1 is 1.07 bits per heavy atom. The van der Waals surface area contributed by atoms with E-state index in [1.165, 1.54) is 6.07 Å². The number of aryl methyl sites for hydroxylation is 2. The van der Waals surface area contributed by atoms with Gasteiger partial charge in [-0.1, -0.05) is 60.1 Å². The molecule has 1 saturated heterocycles. The summed E-state index contributed by atoms with van der Waals surface area (Å²) in [6.45, 7) is 3.38. The van der Waals surface area contributed by atoms with Crippen LogP contribution < -0.4 is 0 Å². The molecule has 0 spiro atoms. The third-order valence-corrected chi connectivity index (χ3v) is 5.47. The highest BCUT2D eigenvalue weighted by Gasteiger charge is 2.63. The average Bonchev–Trinajstić information content (AvgIpc) is 2.92. The molecule has 5 atom stereocenters. The van der Waals surface area contributed by atoms with Crippen molar-refractivity contribution in [2.75, 3.05) is 0 Å². The van der Waals surface area contributed by atoms with E-state index in [1.54, 1.807) is 56.3 Å². The second-order valence-electron chi connectivity index (χ2n) is 6.94. The Morgan fingerprint density at radius 3 is 2.25 bits per heavy atom. The summed E-state index contributed by atoms with van der Waals surface area (Å²) in [7, 11) is 0. The highest BCUT2D eigenvalue weighted by Crippen LogP contribution is 2.39. The second-order valence-corrected chi connectivity index (χ2v) is 7.37. The van der Waals surface area contributed by atoms with E-state index in [4.69, 9.17) is 16.3 Å². The number of carbonyl (C=O) groups is 2. The Balaban J connectivity index is 2.01. The topological polar surface area (TPSA) is 104 Å². The number of aliphatic hydroxyl groups is 3. The number of rotatable bonds is 5. The largest absolute Gasteiger partial charge is 0.385 e. The molecule has 2 aromatic carbocycles. The first-order chi connectivity index (χ1) is 13.2. The molecule has 0 bridgehead atoms. The van der Waals surface area contributed by atoms with Crippen LogP contribution in [-0.2, 0) is 9.53 Å². The average molecular weight is 405 g/mol. The van der Waals surface area contributed by atoms with Gasteiger partial charge >= 0.3 is 0 Å². The van der Waals surface area contributed by atoms with Crippen molar-refractivity contribution in [3.63, 3.8) is 0 Å². The van der Waals surface area contributed by atoms with Crippen molar-refractivity contribution in [3.05, 3.63) is 70.8 Å². The lowest BCUT2D eigenvalue weighted by molar-refractivity contribution is -0.145. The normalized spacial score (nSPS) is 28.1. The van der Waals surface area contributed by atoms with Crippen molar-refractivity contribution < 1.29 is 29.6 Å². The van der Waals surface area contributed by atoms with Crippen molar-refractivity contribution in [2.24, 2.45) is 0 Å². The molecule has 6 nitrogen and oxygen atoms in total. The third kappa shape index (κ3) is 3.27. The van der Waals surface area contributed by atoms with Crippen molar-refractivity contribution in [3.8, 4) is 0 Å². The summed E-state index contributed by atoms with van der Waals surface area (Å²) in [4.78, 5) is 26.1. The molecule has 28 heavy (non-hydrogen) atoms. The van der Waals surface area contributed by atoms with Gasteiger partial charge in [0.15, 0.2) is 23.1 Å². The number of alkyl halides is 1. The first-order valence-corrected chi connectivity index (χ1v) is 9.21. The maximum atomic E-state index is 13.1. The van der Waals surface area contributed by atoms with E-state index < -0.39 is 41.0 Å². The lowest BCUT2D eigenvalue weighted by Crippen LogP contribution is -2.57. The van der Waals surface area contributed by atoms with Gasteiger partial charge in [-0.3, -0.25) is 9.59 Å². The van der Waals surface area contributed by atoms with Gasteiger partial charge in [0, 0.05) is 5.56 Å². The molecule has 0 radical (unpaired) electrons. The molecule has 0 amide bonds. The summed E-state index contributed by atoms with van der Waals surface area (Å²) in [6, 6.07) is 13.1.